The Morgan fingerprint density at radius 3 is 2.57 bits per heavy atom. The second-order valence-electron chi connectivity index (χ2n) is 6.34. The van der Waals surface area contributed by atoms with Gasteiger partial charge in [-0.1, -0.05) is 18.2 Å². The van der Waals surface area contributed by atoms with Crippen LogP contribution in [0.2, 0.25) is 0 Å². The Bertz CT molecular complexity index is 1120. The smallest absolute Gasteiger partial charge is 0.221 e. The number of ether oxygens (including phenoxy) is 2. The van der Waals surface area contributed by atoms with Crippen LogP contribution < -0.4 is 20.9 Å². The summed E-state index contributed by atoms with van der Waals surface area (Å²) in [5.74, 6) is 2.40. The molecule has 0 saturated carbocycles. The number of aromatic nitrogens is 2. The molecule has 4 rings (SSSR count). The third-order valence-electron chi connectivity index (χ3n) is 4.54. The molecule has 4 aromatic rings. The van der Waals surface area contributed by atoms with Crippen LogP contribution in [0.25, 0.3) is 22.3 Å². The molecule has 28 heavy (non-hydrogen) atoms. The van der Waals surface area contributed by atoms with Crippen molar-refractivity contribution >= 4 is 22.7 Å². The van der Waals surface area contributed by atoms with Crippen LogP contribution in [0.15, 0.2) is 53.1 Å². The van der Waals surface area contributed by atoms with Gasteiger partial charge in [-0.25, -0.2) is 4.98 Å². The van der Waals surface area contributed by atoms with Crippen LogP contribution in [-0.2, 0) is 6.42 Å². The van der Waals surface area contributed by atoms with Gasteiger partial charge in [0, 0.05) is 23.6 Å². The van der Waals surface area contributed by atoms with E-state index in [-0.39, 0.29) is 5.95 Å². The molecule has 0 bridgehead atoms. The van der Waals surface area contributed by atoms with E-state index in [4.69, 9.17) is 25.4 Å². The van der Waals surface area contributed by atoms with E-state index in [1.165, 1.54) is 0 Å². The molecule has 0 aliphatic carbocycles. The third-order valence-corrected chi connectivity index (χ3v) is 4.54. The molecule has 4 N–H and O–H groups in total. The average molecular weight is 376 g/mol. The van der Waals surface area contributed by atoms with Crippen molar-refractivity contribution in [2.45, 2.75) is 6.42 Å². The van der Waals surface area contributed by atoms with Crippen molar-refractivity contribution < 1.29 is 13.9 Å². The molecule has 2 aromatic carbocycles. The Morgan fingerprint density at radius 2 is 1.86 bits per heavy atom. The Balaban J connectivity index is 1.83. The molecular weight excluding hydrogens is 356 g/mol. The molecule has 0 aliphatic rings. The van der Waals surface area contributed by atoms with Gasteiger partial charge in [0.2, 0.25) is 5.95 Å². The first-order valence-corrected chi connectivity index (χ1v) is 8.69. The number of nitrogen functional groups attached to an aromatic ring is 2. The first-order valence-electron chi connectivity index (χ1n) is 8.69. The normalized spacial score (nSPS) is 10.9. The van der Waals surface area contributed by atoms with E-state index in [9.17, 15) is 0 Å². The SMILES string of the molecule is COc1cc(Cc2cnc(N)nc2N)cc(-c2cc3ccccc3o2)c1OC. The van der Waals surface area contributed by atoms with Crippen molar-refractivity contribution in [3.63, 3.8) is 0 Å². The fraction of sp³-hybridized carbons (Fsp3) is 0.143. The summed E-state index contributed by atoms with van der Waals surface area (Å²) in [6.07, 6.45) is 2.15. The van der Waals surface area contributed by atoms with Gasteiger partial charge >= 0.3 is 0 Å². The number of rotatable bonds is 5. The fourth-order valence-electron chi connectivity index (χ4n) is 3.21. The number of methoxy groups -OCH3 is 2. The number of nitrogens with two attached hydrogens (primary N) is 2. The van der Waals surface area contributed by atoms with Gasteiger partial charge in [0.05, 0.1) is 19.8 Å². The molecular formula is C21H20N4O3. The van der Waals surface area contributed by atoms with Crippen LogP contribution in [0.4, 0.5) is 11.8 Å². The molecule has 2 heterocycles. The summed E-state index contributed by atoms with van der Waals surface area (Å²) in [5, 5.41) is 1.01. The van der Waals surface area contributed by atoms with E-state index in [1.807, 2.05) is 42.5 Å². The average Bonchev–Trinajstić information content (AvgIpc) is 3.13. The summed E-state index contributed by atoms with van der Waals surface area (Å²) in [4.78, 5) is 8.06. The minimum absolute atomic E-state index is 0.150. The number of hydrogen-bond donors (Lipinski definition) is 2. The maximum atomic E-state index is 6.04. The summed E-state index contributed by atoms with van der Waals surface area (Å²) >= 11 is 0. The van der Waals surface area contributed by atoms with Crippen molar-refractivity contribution in [3.8, 4) is 22.8 Å². The summed E-state index contributed by atoms with van der Waals surface area (Å²) in [6.45, 7) is 0. The minimum atomic E-state index is 0.150. The highest BCUT2D eigenvalue weighted by Gasteiger charge is 2.18. The van der Waals surface area contributed by atoms with Crippen LogP contribution in [0.1, 0.15) is 11.1 Å². The molecule has 0 fully saturated rings. The molecule has 0 radical (unpaired) electrons. The minimum Gasteiger partial charge on any atom is -0.493 e. The summed E-state index contributed by atoms with van der Waals surface area (Å²) in [5.41, 5.74) is 14.9. The molecule has 0 unspecified atom stereocenters. The molecule has 0 spiro atoms. The zero-order chi connectivity index (χ0) is 19.7. The van der Waals surface area contributed by atoms with E-state index < -0.39 is 0 Å². The largest absolute Gasteiger partial charge is 0.493 e. The van der Waals surface area contributed by atoms with Gasteiger partial charge < -0.3 is 25.4 Å². The second kappa shape index (κ2) is 7.11. The predicted octanol–water partition coefficient (Wildman–Crippen LogP) is 3.66. The summed E-state index contributed by atoms with van der Waals surface area (Å²) < 4.78 is 17.2. The number of nitrogens with zero attached hydrogens (tertiary/aromatic N) is 2. The lowest BCUT2D eigenvalue weighted by atomic mass is 10.0. The van der Waals surface area contributed by atoms with Crippen molar-refractivity contribution in [2.24, 2.45) is 0 Å². The Morgan fingerprint density at radius 1 is 1.04 bits per heavy atom. The highest BCUT2D eigenvalue weighted by molar-refractivity contribution is 5.85. The van der Waals surface area contributed by atoms with E-state index >= 15 is 0 Å². The van der Waals surface area contributed by atoms with E-state index in [0.29, 0.717) is 29.5 Å². The van der Waals surface area contributed by atoms with Gasteiger partial charge in [0.15, 0.2) is 11.5 Å². The molecule has 0 atom stereocenters. The number of hydrogen-bond acceptors (Lipinski definition) is 7. The number of fused-ring (bicyclic) bond motifs is 1. The Hall–Kier alpha value is -3.74. The molecule has 0 amide bonds. The zero-order valence-corrected chi connectivity index (χ0v) is 15.6. The van der Waals surface area contributed by atoms with Gasteiger partial charge in [-0.2, -0.15) is 4.98 Å². The lowest BCUT2D eigenvalue weighted by Crippen LogP contribution is -2.04. The zero-order valence-electron chi connectivity index (χ0n) is 15.6. The Kier molecular flexibility index (Phi) is 4.49. The quantitative estimate of drug-likeness (QED) is 0.547. The third kappa shape index (κ3) is 3.18. The summed E-state index contributed by atoms with van der Waals surface area (Å²) in [7, 11) is 3.21. The number of para-hydroxylation sites is 1. The van der Waals surface area contributed by atoms with Crippen molar-refractivity contribution in [2.75, 3.05) is 25.7 Å². The monoisotopic (exact) mass is 376 g/mol. The van der Waals surface area contributed by atoms with E-state index in [2.05, 4.69) is 9.97 Å². The molecule has 7 heteroatoms. The predicted molar refractivity (Wildman–Crippen MR) is 108 cm³/mol. The van der Waals surface area contributed by atoms with Crippen LogP contribution in [0.5, 0.6) is 11.5 Å². The van der Waals surface area contributed by atoms with Crippen LogP contribution in [0, 0.1) is 0 Å². The maximum absolute atomic E-state index is 6.04. The van der Waals surface area contributed by atoms with Crippen molar-refractivity contribution in [3.05, 3.63) is 59.8 Å². The van der Waals surface area contributed by atoms with Crippen LogP contribution >= 0.6 is 0 Å². The first kappa shape index (κ1) is 17.7. The van der Waals surface area contributed by atoms with Crippen LogP contribution in [-0.4, -0.2) is 24.2 Å². The van der Waals surface area contributed by atoms with Gasteiger partial charge in [0.25, 0.3) is 0 Å². The molecule has 142 valence electrons. The lowest BCUT2D eigenvalue weighted by Gasteiger charge is -2.14. The highest BCUT2D eigenvalue weighted by atomic mass is 16.5. The van der Waals surface area contributed by atoms with Gasteiger partial charge in [-0.15, -0.1) is 0 Å². The number of anilines is 2. The molecule has 0 aliphatic heterocycles. The maximum Gasteiger partial charge on any atom is 0.221 e. The second-order valence-corrected chi connectivity index (χ2v) is 6.34. The van der Waals surface area contributed by atoms with Gasteiger partial charge in [-0.3, -0.25) is 0 Å². The van der Waals surface area contributed by atoms with Gasteiger partial charge in [0.1, 0.15) is 17.2 Å². The first-order chi connectivity index (χ1) is 13.6. The topological polar surface area (TPSA) is 109 Å². The van der Waals surface area contributed by atoms with E-state index in [0.717, 1.165) is 27.7 Å². The highest BCUT2D eigenvalue weighted by Crippen LogP contribution is 2.41. The molecule has 7 nitrogen and oxygen atoms in total. The lowest BCUT2D eigenvalue weighted by molar-refractivity contribution is 0.355. The molecule has 0 saturated heterocycles. The standard InChI is InChI=1S/C21H20N4O3/c1-26-18-9-12(7-14-11-24-21(23)25-20(14)22)8-15(19(18)27-2)17-10-13-5-3-4-6-16(13)28-17/h3-6,8-11H,7H2,1-2H3,(H4,22,23,24,25). The fourth-order valence-corrected chi connectivity index (χ4v) is 3.21. The number of furan rings is 1. The van der Waals surface area contributed by atoms with Gasteiger partial charge in [-0.05, 0) is 29.8 Å². The Labute approximate surface area is 161 Å². The number of benzene rings is 2. The molecule has 2 aromatic heterocycles. The van der Waals surface area contributed by atoms with Crippen molar-refractivity contribution in [1.29, 1.82) is 0 Å². The van der Waals surface area contributed by atoms with Crippen LogP contribution in [0.3, 0.4) is 0 Å². The summed E-state index contributed by atoms with van der Waals surface area (Å²) in [6, 6.07) is 13.7. The van der Waals surface area contributed by atoms with E-state index in [1.54, 1.807) is 20.4 Å². The van der Waals surface area contributed by atoms with Crippen molar-refractivity contribution in [1.82, 2.24) is 9.97 Å².